The molecule has 1 saturated heterocycles. The van der Waals surface area contributed by atoms with Crippen molar-refractivity contribution in [3.8, 4) is 0 Å². The van der Waals surface area contributed by atoms with Gasteiger partial charge in [0.25, 0.3) is 0 Å². The van der Waals surface area contributed by atoms with Crippen molar-refractivity contribution in [1.29, 1.82) is 0 Å². The molecule has 2 aliphatic rings. The van der Waals surface area contributed by atoms with E-state index in [-0.39, 0.29) is 11.9 Å². The Balaban J connectivity index is 1.59. The monoisotopic (exact) mass is 266 g/mol. The van der Waals surface area contributed by atoms with Gasteiger partial charge in [-0.1, -0.05) is 11.3 Å². The second-order valence-electron chi connectivity index (χ2n) is 5.17. The predicted octanol–water partition coefficient (Wildman–Crippen LogP) is 1.34. The van der Waals surface area contributed by atoms with E-state index >= 15 is 0 Å². The molecule has 0 spiro atoms. The lowest BCUT2D eigenvalue weighted by molar-refractivity contribution is -0.123. The third-order valence-corrected chi connectivity index (χ3v) is 4.40. The third-order valence-electron chi connectivity index (χ3n) is 3.50. The fourth-order valence-corrected chi connectivity index (χ4v) is 3.07. The van der Waals surface area contributed by atoms with Gasteiger partial charge in [0, 0.05) is 25.0 Å². The fourth-order valence-electron chi connectivity index (χ4n) is 2.35. The highest BCUT2D eigenvalue weighted by molar-refractivity contribution is 7.15. The van der Waals surface area contributed by atoms with Gasteiger partial charge < -0.3 is 10.2 Å². The van der Waals surface area contributed by atoms with Gasteiger partial charge in [0.2, 0.25) is 11.0 Å². The number of anilines is 1. The van der Waals surface area contributed by atoms with Crippen molar-refractivity contribution in [1.82, 2.24) is 15.5 Å². The third kappa shape index (κ3) is 2.63. The van der Waals surface area contributed by atoms with Crippen molar-refractivity contribution in [3.05, 3.63) is 5.01 Å². The average molecular weight is 266 g/mol. The van der Waals surface area contributed by atoms with Gasteiger partial charge in [0.15, 0.2) is 0 Å². The maximum absolute atomic E-state index is 11.8. The average Bonchev–Trinajstić information content (AvgIpc) is 3.12. The van der Waals surface area contributed by atoms with E-state index in [0.29, 0.717) is 5.92 Å². The molecule has 3 rings (SSSR count). The Kier molecular flexibility index (Phi) is 3.20. The number of rotatable bonds is 3. The van der Waals surface area contributed by atoms with Crippen LogP contribution in [0, 0.1) is 12.8 Å². The minimum absolute atomic E-state index is 0.246. The van der Waals surface area contributed by atoms with Crippen molar-refractivity contribution in [3.63, 3.8) is 0 Å². The SMILES string of the molecule is Cc1nnc(N2CCCC(NC(=O)C3CC3)C2)s1. The first kappa shape index (κ1) is 11.9. The summed E-state index contributed by atoms with van der Waals surface area (Å²) in [4.78, 5) is 14.0. The lowest BCUT2D eigenvalue weighted by Gasteiger charge is -2.32. The molecule has 1 aliphatic heterocycles. The van der Waals surface area contributed by atoms with Crippen molar-refractivity contribution < 1.29 is 4.79 Å². The molecule has 5 nitrogen and oxygen atoms in total. The van der Waals surface area contributed by atoms with E-state index < -0.39 is 0 Å². The summed E-state index contributed by atoms with van der Waals surface area (Å²) in [6, 6.07) is 0.274. The van der Waals surface area contributed by atoms with Crippen LogP contribution in [0.25, 0.3) is 0 Å². The number of hydrogen-bond acceptors (Lipinski definition) is 5. The molecule has 0 bridgehead atoms. The number of piperidine rings is 1. The number of carbonyl (C=O) groups is 1. The molecular weight excluding hydrogens is 248 g/mol. The van der Waals surface area contributed by atoms with E-state index in [9.17, 15) is 4.79 Å². The highest BCUT2D eigenvalue weighted by Crippen LogP contribution is 2.29. The van der Waals surface area contributed by atoms with Crippen LogP contribution in [0.4, 0.5) is 5.13 Å². The summed E-state index contributed by atoms with van der Waals surface area (Å²) in [6.07, 6.45) is 4.32. The molecule has 1 amide bonds. The molecule has 2 heterocycles. The minimum atomic E-state index is 0.246. The van der Waals surface area contributed by atoms with E-state index in [2.05, 4.69) is 20.4 Å². The summed E-state index contributed by atoms with van der Waals surface area (Å²) in [5, 5.41) is 13.4. The number of carbonyl (C=O) groups excluding carboxylic acids is 1. The summed E-state index contributed by atoms with van der Waals surface area (Å²) in [5.41, 5.74) is 0. The molecule has 98 valence electrons. The van der Waals surface area contributed by atoms with Crippen LogP contribution in [0.3, 0.4) is 0 Å². The maximum Gasteiger partial charge on any atom is 0.223 e. The fraction of sp³-hybridized carbons (Fsp3) is 0.750. The van der Waals surface area contributed by atoms with Crippen molar-refractivity contribution in [2.45, 2.75) is 38.6 Å². The second-order valence-corrected chi connectivity index (χ2v) is 6.33. The topological polar surface area (TPSA) is 58.1 Å². The van der Waals surface area contributed by atoms with Crippen molar-refractivity contribution in [2.24, 2.45) is 5.92 Å². The quantitative estimate of drug-likeness (QED) is 0.897. The molecule has 6 heteroatoms. The molecular formula is C12H18N4OS. The summed E-state index contributed by atoms with van der Waals surface area (Å²) < 4.78 is 0. The van der Waals surface area contributed by atoms with Gasteiger partial charge in [-0.05, 0) is 32.6 Å². The molecule has 2 fully saturated rings. The first-order valence-electron chi connectivity index (χ1n) is 6.58. The lowest BCUT2D eigenvalue weighted by atomic mass is 10.1. The number of amides is 1. The first-order chi connectivity index (χ1) is 8.72. The molecule has 1 aromatic rings. The Morgan fingerprint density at radius 2 is 2.22 bits per heavy atom. The van der Waals surface area contributed by atoms with Crippen molar-refractivity contribution >= 4 is 22.4 Å². The minimum Gasteiger partial charge on any atom is -0.351 e. The highest BCUT2D eigenvalue weighted by Gasteiger charge is 2.32. The van der Waals surface area contributed by atoms with Crippen LogP contribution in [0.5, 0.6) is 0 Å². The highest BCUT2D eigenvalue weighted by atomic mass is 32.1. The van der Waals surface area contributed by atoms with Crippen LogP contribution < -0.4 is 10.2 Å². The molecule has 1 aliphatic carbocycles. The van der Waals surface area contributed by atoms with Gasteiger partial charge in [-0.15, -0.1) is 10.2 Å². The number of aryl methyl sites for hydroxylation is 1. The van der Waals surface area contributed by atoms with E-state index in [1.165, 1.54) is 0 Å². The zero-order valence-electron chi connectivity index (χ0n) is 10.6. The van der Waals surface area contributed by atoms with Crippen LogP contribution in [0.1, 0.15) is 30.7 Å². The Labute approximate surface area is 111 Å². The Morgan fingerprint density at radius 1 is 1.39 bits per heavy atom. The smallest absolute Gasteiger partial charge is 0.223 e. The number of hydrogen-bond donors (Lipinski definition) is 1. The van der Waals surface area contributed by atoms with Crippen LogP contribution in [-0.4, -0.2) is 35.2 Å². The van der Waals surface area contributed by atoms with Gasteiger partial charge in [0.05, 0.1) is 0 Å². The zero-order chi connectivity index (χ0) is 12.5. The van der Waals surface area contributed by atoms with E-state index in [1.807, 2.05) is 6.92 Å². The Morgan fingerprint density at radius 3 is 2.89 bits per heavy atom. The summed E-state index contributed by atoms with van der Waals surface area (Å²) in [5.74, 6) is 0.541. The van der Waals surface area contributed by atoms with E-state index in [0.717, 1.165) is 48.9 Å². The Bertz CT molecular complexity index is 443. The van der Waals surface area contributed by atoms with Crippen LogP contribution in [0.2, 0.25) is 0 Å². The normalized spacial score (nSPS) is 24.1. The molecule has 18 heavy (non-hydrogen) atoms. The van der Waals surface area contributed by atoms with Gasteiger partial charge in [-0.3, -0.25) is 4.79 Å². The number of nitrogens with one attached hydrogen (secondary N) is 1. The molecule has 0 aromatic carbocycles. The molecule has 1 saturated carbocycles. The van der Waals surface area contributed by atoms with Gasteiger partial charge in [-0.2, -0.15) is 0 Å². The number of aromatic nitrogens is 2. The molecule has 0 radical (unpaired) electrons. The van der Waals surface area contributed by atoms with E-state index in [1.54, 1.807) is 11.3 Å². The molecule has 1 atom stereocenters. The second kappa shape index (κ2) is 4.84. The lowest BCUT2D eigenvalue weighted by Crippen LogP contribution is -2.48. The van der Waals surface area contributed by atoms with Crippen LogP contribution >= 0.6 is 11.3 Å². The molecule has 1 aromatic heterocycles. The maximum atomic E-state index is 11.8. The zero-order valence-corrected chi connectivity index (χ0v) is 11.4. The summed E-state index contributed by atoms with van der Waals surface area (Å²) in [7, 11) is 0. The number of nitrogens with zero attached hydrogens (tertiary/aromatic N) is 3. The predicted molar refractivity (Wildman–Crippen MR) is 70.7 cm³/mol. The van der Waals surface area contributed by atoms with Crippen molar-refractivity contribution in [2.75, 3.05) is 18.0 Å². The van der Waals surface area contributed by atoms with E-state index in [4.69, 9.17) is 0 Å². The standard InChI is InChI=1S/C12H18N4OS/c1-8-14-15-12(18-8)16-6-2-3-10(7-16)13-11(17)9-4-5-9/h9-10H,2-7H2,1H3,(H,13,17). The van der Waals surface area contributed by atoms with Crippen LogP contribution in [-0.2, 0) is 4.79 Å². The van der Waals surface area contributed by atoms with Gasteiger partial charge in [-0.25, -0.2) is 0 Å². The molecule has 1 unspecified atom stereocenters. The summed E-state index contributed by atoms with van der Waals surface area (Å²) in [6.45, 7) is 3.86. The van der Waals surface area contributed by atoms with Crippen LogP contribution in [0.15, 0.2) is 0 Å². The molecule has 1 N–H and O–H groups in total. The Hall–Kier alpha value is -1.17. The summed E-state index contributed by atoms with van der Waals surface area (Å²) >= 11 is 1.62. The van der Waals surface area contributed by atoms with Gasteiger partial charge >= 0.3 is 0 Å². The first-order valence-corrected chi connectivity index (χ1v) is 7.39. The van der Waals surface area contributed by atoms with Gasteiger partial charge in [0.1, 0.15) is 5.01 Å². The largest absolute Gasteiger partial charge is 0.351 e.